The van der Waals surface area contributed by atoms with E-state index in [0.29, 0.717) is 21.8 Å². The first kappa shape index (κ1) is 27.0. The third-order valence-electron chi connectivity index (χ3n) is 7.53. The number of esters is 1. The van der Waals surface area contributed by atoms with Gasteiger partial charge in [0.05, 0.1) is 29.1 Å². The molecule has 0 radical (unpaired) electrons. The molecule has 1 fully saturated rings. The quantitative estimate of drug-likeness (QED) is 0.340. The highest BCUT2D eigenvalue weighted by Gasteiger charge is 2.41. The second-order valence-electron chi connectivity index (χ2n) is 11.3. The van der Waals surface area contributed by atoms with Crippen LogP contribution in [0, 0.1) is 6.92 Å². The van der Waals surface area contributed by atoms with Gasteiger partial charge >= 0.3 is 12.1 Å². The molecule has 204 valence electrons. The predicted molar refractivity (Wildman–Crippen MR) is 152 cm³/mol. The number of fused-ring (bicyclic) bond motifs is 1. The van der Waals surface area contributed by atoms with Gasteiger partial charge in [-0.2, -0.15) is 0 Å². The van der Waals surface area contributed by atoms with Gasteiger partial charge in [-0.1, -0.05) is 60.2 Å². The predicted octanol–water partition coefficient (Wildman–Crippen LogP) is 7.25. The Morgan fingerprint density at radius 2 is 1.87 bits per heavy atom. The highest BCUT2D eigenvalue weighted by Crippen LogP contribution is 2.43. The summed E-state index contributed by atoms with van der Waals surface area (Å²) in [6.07, 6.45) is 13.3. The number of rotatable bonds is 5. The summed E-state index contributed by atoms with van der Waals surface area (Å²) in [5.41, 5.74) is 4.18. The number of carbonyl (C=O) groups is 2. The number of halogens is 1. The van der Waals surface area contributed by atoms with Crippen LogP contribution in [0.15, 0.2) is 54.8 Å². The van der Waals surface area contributed by atoms with Crippen molar-refractivity contribution >= 4 is 29.3 Å². The number of aromatic nitrogens is 2. The van der Waals surface area contributed by atoms with E-state index in [4.69, 9.17) is 26.1 Å². The van der Waals surface area contributed by atoms with Crippen LogP contribution in [0.5, 0.6) is 0 Å². The number of alkyl carbamates (subject to hydrolysis) is 1. The number of nitrogens with one attached hydrogen (secondary N) is 1. The van der Waals surface area contributed by atoms with Crippen molar-refractivity contribution in [3.05, 3.63) is 82.2 Å². The topological polar surface area (TPSA) is 81.9 Å². The molecule has 0 aliphatic heterocycles. The largest absolute Gasteiger partial charge is 0.465 e. The van der Waals surface area contributed by atoms with Crippen LogP contribution in [-0.2, 0) is 15.0 Å². The van der Waals surface area contributed by atoms with Gasteiger partial charge in [-0.15, -0.1) is 0 Å². The molecule has 1 aromatic carbocycles. The van der Waals surface area contributed by atoms with Crippen molar-refractivity contribution in [1.82, 2.24) is 14.7 Å². The number of pyridine rings is 1. The number of ether oxygens (including phenoxy) is 2. The first-order valence-electron chi connectivity index (χ1n) is 13.3. The number of nitrogens with zero attached hydrogens (tertiary/aromatic N) is 2. The zero-order chi connectivity index (χ0) is 27.9. The fourth-order valence-corrected chi connectivity index (χ4v) is 5.60. The van der Waals surface area contributed by atoms with Gasteiger partial charge in [0.1, 0.15) is 11.2 Å². The molecule has 0 spiro atoms. The van der Waals surface area contributed by atoms with Crippen LogP contribution in [0.3, 0.4) is 0 Å². The first-order chi connectivity index (χ1) is 18.5. The number of benzene rings is 1. The molecule has 1 saturated carbocycles. The monoisotopic (exact) mass is 547 g/mol. The lowest BCUT2D eigenvalue weighted by molar-refractivity contribution is 0.0377. The van der Waals surface area contributed by atoms with Crippen molar-refractivity contribution < 1.29 is 19.1 Å². The number of allylic oxidation sites excluding steroid dienone is 4. The van der Waals surface area contributed by atoms with E-state index < -0.39 is 23.2 Å². The molecule has 1 unspecified atom stereocenters. The van der Waals surface area contributed by atoms with E-state index in [-0.39, 0.29) is 5.92 Å². The van der Waals surface area contributed by atoms with Gasteiger partial charge in [-0.3, -0.25) is 0 Å². The summed E-state index contributed by atoms with van der Waals surface area (Å²) in [4.78, 5) is 30.4. The lowest BCUT2D eigenvalue weighted by atomic mass is 9.71. The zero-order valence-electron chi connectivity index (χ0n) is 23.0. The SMILES string of the molecule is COC(=O)c1c(C)c(Cl)cn2c(C3C=CC=CC3)c(-c3ccc(C4(NC(=O)OC(C)(C)C)CCC4)cc3)nc12. The van der Waals surface area contributed by atoms with Crippen LogP contribution in [0.25, 0.3) is 16.9 Å². The number of methoxy groups -OCH3 is 1. The Kier molecular flexibility index (Phi) is 7.06. The second-order valence-corrected chi connectivity index (χ2v) is 11.7. The van der Waals surface area contributed by atoms with Crippen molar-refractivity contribution in [2.24, 2.45) is 0 Å². The molecule has 2 aromatic heterocycles. The number of hydrogen-bond donors (Lipinski definition) is 1. The summed E-state index contributed by atoms with van der Waals surface area (Å²) in [5.74, 6) is -0.423. The number of amides is 1. The minimum absolute atomic E-state index is 0.0516. The average Bonchev–Trinajstić information content (AvgIpc) is 3.24. The molecule has 1 atom stereocenters. The Bertz CT molecular complexity index is 1490. The van der Waals surface area contributed by atoms with Gasteiger partial charge in [0, 0.05) is 17.7 Å². The zero-order valence-corrected chi connectivity index (χ0v) is 23.8. The maximum Gasteiger partial charge on any atom is 0.408 e. The number of hydrogen-bond acceptors (Lipinski definition) is 5. The molecule has 1 N–H and O–H groups in total. The van der Waals surface area contributed by atoms with Gasteiger partial charge in [-0.05, 0) is 64.5 Å². The van der Waals surface area contributed by atoms with E-state index >= 15 is 0 Å². The molecule has 3 aromatic rings. The number of carbonyl (C=O) groups excluding carboxylic acids is 2. The van der Waals surface area contributed by atoms with Crippen molar-refractivity contribution in [1.29, 1.82) is 0 Å². The highest BCUT2D eigenvalue weighted by atomic mass is 35.5. The smallest absolute Gasteiger partial charge is 0.408 e. The molecule has 7 nitrogen and oxygen atoms in total. The second kappa shape index (κ2) is 10.2. The van der Waals surface area contributed by atoms with E-state index in [2.05, 4.69) is 29.6 Å². The van der Waals surface area contributed by atoms with Gasteiger partial charge in [-0.25, -0.2) is 14.6 Å². The fraction of sp³-hybridized carbons (Fsp3) is 0.387. The standard InChI is InChI=1S/C31H34ClN3O4/c1-19-23(32)18-35-26(21-10-7-6-8-11-21)25(33-27(35)24(19)28(36)38-5)20-12-14-22(15-13-20)31(16-9-17-31)34-29(37)39-30(2,3)4/h6-8,10,12-15,18,21H,9,11,16-17H2,1-5H3,(H,34,37). The molecular weight excluding hydrogens is 514 g/mol. The van der Waals surface area contributed by atoms with E-state index in [9.17, 15) is 9.59 Å². The minimum atomic E-state index is -0.564. The molecule has 8 heteroatoms. The molecular formula is C31H34ClN3O4. The summed E-state index contributed by atoms with van der Waals surface area (Å²) in [6.45, 7) is 7.38. The summed E-state index contributed by atoms with van der Waals surface area (Å²) in [5, 5.41) is 3.59. The van der Waals surface area contributed by atoms with Crippen molar-refractivity contribution in [2.75, 3.05) is 7.11 Å². The van der Waals surface area contributed by atoms with Gasteiger partial charge in [0.25, 0.3) is 0 Å². The molecule has 0 saturated heterocycles. The van der Waals surface area contributed by atoms with Gasteiger partial charge in [0.15, 0.2) is 5.65 Å². The lowest BCUT2D eigenvalue weighted by Crippen LogP contribution is -2.52. The molecule has 2 heterocycles. The Morgan fingerprint density at radius 3 is 2.44 bits per heavy atom. The van der Waals surface area contributed by atoms with Crippen LogP contribution in [0.2, 0.25) is 5.02 Å². The molecule has 2 aliphatic rings. The van der Waals surface area contributed by atoms with E-state index in [0.717, 1.165) is 48.2 Å². The van der Waals surface area contributed by atoms with Crippen molar-refractivity contribution in [2.45, 2.75) is 70.4 Å². The van der Waals surface area contributed by atoms with E-state index in [1.807, 2.05) is 55.7 Å². The fourth-order valence-electron chi connectivity index (χ4n) is 5.41. The van der Waals surface area contributed by atoms with Crippen LogP contribution in [0.4, 0.5) is 4.79 Å². The minimum Gasteiger partial charge on any atom is -0.465 e. The molecule has 2 aliphatic carbocycles. The van der Waals surface area contributed by atoms with E-state index in [1.54, 1.807) is 6.92 Å². The van der Waals surface area contributed by atoms with E-state index in [1.165, 1.54) is 7.11 Å². The summed E-state index contributed by atoms with van der Waals surface area (Å²) in [6, 6.07) is 8.17. The molecule has 1 amide bonds. The van der Waals surface area contributed by atoms with Crippen LogP contribution in [0.1, 0.15) is 79.6 Å². The van der Waals surface area contributed by atoms with Crippen LogP contribution >= 0.6 is 11.6 Å². The lowest BCUT2D eigenvalue weighted by Gasteiger charge is -2.43. The average molecular weight is 548 g/mol. The Balaban J connectivity index is 1.59. The van der Waals surface area contributed by atoms with Crippen LogP contribution < -0.4 is 5.32 Å². The maximum atomic E-state index is 12.8. The van der Waals surface area contributed by atoms with Crippen molar-refractivity contribution in [3.8, 4) is 11.3 Å². The molecule has 39 heavy (non-hydrogen) atoms. The Labute approximate surface area is 233 Å². The Hall–Kier alpha value is -3.58. The van der Waals surface area contributed by atoms with Crippen molar-refractivity contribution in [3.63, 3.8) is 0 Å². The summed E-state index contributed by atoms with van der Waals surface area (Å²) in [7, 11) is 1.36. The third-order valence-corrected chi connectivity index (χ3v) is 7.91. The normalized spacial score (nSPS) is 18.1. The van der Waals surface area contributed by atoms with Crippen LogP contribution in [-0.4, -0.2) is 34.2 Å². The van der Waals surface area contributed by atoms with Gasteiger partial charge < -0.3 is 19.2 Å². The first-order valence-corrected chi connectivity index (χ1v) is 13.7. The molecule has 5 rings (SSSR count). The number of imidazole rings is 1. The van der Waals surface area contributed by atoms with Gasteiger partial charge in [0.2, 0.25) is 0 Å². The Morgan fingerprint density at radius 1 is 1.15 bits per heavy atom. The maximum absolute atomic E-state index is 12.8. The third kappa shape index (κ3) is 5.08. The summed E-state index contributed by atoms with van der Waals surface area (Å²) >= 11 is 6.60. The summed E-state index contributed by atoms with van der Waals surface area (Å²) < 4.78 is 12.6. The highest BCUT2D eigenvalue weighted by molar-refractivity contribution is 6.32. The molecule has 0 bridgehead atoms.